The summed E-state index contributed by atoms with van der Waals surface area (Å²) in [4.78, 5) is 0. The van der Waals surface area contributed by atoms with E-state index in [0.717, 1.165) is 37.7 Å². The van der Waals surface area contributed by atoms with E-state index in [4.69, 9.17) is 0 Å². The van der Waals surface area contributed by atoms with Gasteiger partial charge in [-0.3, -0.25) is 0 Å². The van der Waals surface area contributed by atoms with Gasteiger partial charge in [0.15, 0.2) is 5.82 Å². The standard InChI is InChI=1S/C16H20N4/c1-2-4-12(5-3-1)6-9-14-18-19-16-15(13-7-8-13)17-10-11-20(14)16/h1-5,13,15,17H,6-11H2. The van der Waals surface area contributed by atoms with E-state index in [1.165, 1.54) is 24.2 Å². The molecule has 1 atom stereocenters. The fourth-order valence-corrected chi connectivity index (χ4v) is 3.14. The highest BCUT2D eigenvalue weighted by Gasteiger charge is 2.37. The number of rotatable bonds is 4. The highest BCUT2D eigenvalue weighted by molar-refractivity contribution is 5.16. The van der Waals surface area contributed by atoms with E-state index in [1.54, 1.807) is 0 Å². The Morgan fingerprint density at radius 2 is 1.95 bits per heavy atom. The van der Waals surface area contributed by atoms with Crippen LogP contribution < -0.4 is 5.32 Å². The van der Waals surface area contributed by atoms with E-state index in [1.807, 2.05) is 0 Å². The van der Waals surface area contributed by atoms with Crippen molar-refractivity contribution >= 4 is 0 Å². The number of benzene rings is 1. The van der Waals surface area contributed by atoms with Gasteiger partial charge in [-0.15, -0.1) is 10.2 Å². The van der Waals surface area contributed by atoms with Crippen LogP contribution in [-0.4, -0.2) is 21.3 Å². The highest BCUT2D eigenvalue weighted by Crippen LogP contribution is 2.41. The molecule has 1 aromatic heterocycles. The lowest BCUT2D eigenvalue weighted by atomic mass is 10.1. The van der Waals surface area contributed by atoms with Gasteiger partial charge < -0.3 is 9.88 Å². The maximum atomic E-state index is 4.46. The van der Waals surface area contributed by atoms with Crippen LogP contribution in [0.25, 0.3) is 0 Å². The Labute approximate surface area is 119 Å². The van der Waals surface area contributed by atoms with Gasteiger partial charge in [-0.25, -0.2) is 0 Å². The lowest BCUT2D eigenvalue weighted by Crippen LogP contribution is -2.35. The number of aromatic nitrogens is 3. The monoisotopic (exact) mass is 268 g/mol. The normalized spacial score (nSPS) is 21.7. The molecule has 1 aliphatic carbocycles. The molecule has 4 rings (SSSR count). The van der Waals surface area contributed by atoms with Crippen LogP contribution >= 0.6 is 0 Å². The Hall–Kier alpha value is -1.68. The summed E-state index contributed by atoms with van der Waals surface area (Å²) in [6.45, 7) is 2.06. The van der Waals surface area contributed by atoms with Crippen LogP contribution in [0.3, 0.4) is 0 Å². The summed E-state index contributed by atoms with van der Waals surface area (Å²) >= 11 is 0. The van der Waals surface area contributed by atoms with Gasteiger partial charge in [0.05, 0.1) is 6.04 Å². The van der Waals surface area contributed by atoms with Gasteiger partial charge in [0, 0.05) is 19.5 Å². The molecule has 1 aliphatic heterocycles. The number of nitrogens with one attached hydrogen (secondary N) is 1. The minimum atomic E-state index is 0.446. The fourth-order valence-electron chi connectivity index (χ4n) is 3.14. The maximum absolute atomic E-state index is 4.46. The van der Waals surface area contributed by atoms with E-state index in [9.17, 15) is 0 Å². The lowest BCUT2D eigenvalue weighted by molar-refractivity contribution is 0.376. The molecule has 104 valence electrons. The van der Waals surface area contributed by atoms with Crippen molar-refractivity contribution in [2.75, 3.05) is 6.54 Å². The molecule has 1 N–H and O–H groups in total. The van der Waals surface area contributed by atoms with Gasteiger partial charge in [0.2, 0.25) is 0 Å². The third kappa shape index (κ3) is 2.24. The van der Waals surface area contributed by atoms with Gasteiger partial charge in [-0.1, -0.05) is 30.3 Å². The van der Waals surface area contributed by atoms with Gasteiger partial charge in [-0.05, 0) is 30.7 Å². The molecule has 4 nitrogen and oxygen atoms in total. The molecule has 2 aliphatic rings. The van der Waals surface area contributed by atoms with E-state index >= 15 is 0 Å². The number of aryl methyl sites for hydroxylation is 2. The highest BCUT2D eigenvalue weighted by atomic mass is 15.3. The first kappa shape index (κ1) is 12.1. The van der Waals surface area contributed by atoms with Gasteiger partial charge in [0.25, 0.3) is 0 Å². The molecule has 1 aromatic carbocycles. The summed E-state index contributed by atoms with van der Waals surface area (Å²) in [5.41, 5.74) is 1.37. The molecule has 2 aromatic rings. The second kappa shape index (κ2) is 5.02. The zero-order valence-corrected chi connectivity index (χ0v) is 11.6. The number of hydrogen-bond donors (Lipinski definition) is 1. The molecule has 0 amide bonds. The second-order valence-electron chi connectivity index (χ2n) is 5.88. The molecule has 0 bridgehead atoms. The molecule has 20 heavy (non-hydrogen) atoms. The molecule has 4 heteroatoms. The first-order valence-electron chi connectivity index (χ1n) is 7.61. The van der Waals surface area contributed by atoms with Gasteiger partial charge in [0.1, 0.15) is 5.82 Å². The summed E-state index contributed by atoms with van der Waals surface area (Å²) in [5.74, 6) is 3.11. The zero-order chi connectivity index (χ0) is 13.4. The molecular formula is C16H20N4. The third-order valence-corrected chi connectivity index (χ3v) is 4.41. The van der Waals surface area contributed by atoms with Crippen LogP contribution in [0.5, 0.6) is 0 Å². The summed E-state index contributed by atoms with van der Waals surface area (Å²) in [6.07, 6.45) is 4.70. The van der Waals surface area contributed by atoms with Crippen LogP contribution in [0.4, 0.5) is 0 Å². The number of nitrogens with zero attached hydrogens (tertiary/aromatic N) is 3. The van der Waals surface area contributed by atoms with E-state index < -0.39 is 0 Å². The summed E-state index contributed by atoms with van der Waals surface area (Å²) in [7, 11) is 0. The van der Waals surface area contributed by atoms with Crippen LogP contribution in [0.2, 0.25) is 0 Å². The third-order valence-electron chi connectivity index (χ3n) is 4.41. The number of hydrogen-bond acceptors (Lipinski definition) is 3. The van der Waals surface area contributed by atoms with E-state index in [0.29, 0.717) is 6.04 Å². The molecule has 2 heterocycles. The molecule has 0 radical (unpaired) electrons. The van der Waals surface area contributed by atoms with Crippen LogP contribution in [0, 0.1) is 5.92 Å². The minimum absolute atomic E-state index is 0.446. The Morgan fingerprint density at radius 3 is 2.75 bits per heavy atom. The molecule has 1 saturated carbocycles. The van der Waals surface area contributed by atoms with Crippen LogP contribution in [0.1, 0.15) is 36.1 Å². The summed E-state index contributed by atoms with van der Waals surface area (Å²) in [6, 6.07) is 11.1. The first-order chi connectivity index (χ1) is 9.92. The van der Waals surface area contributed by atoms with Crippen molar-refractivity contribution in [2.24, 2.45) is 5.92 Å². The topological polar surface area (TPSA) is 42.7 Å². The van der Waals surface area contributed by atoms with Crippen LogP contribution in [-0.2, 0) is 19.4 Å². The molecule has 0 saturated heterocycles. The zero-order valence-electron chi connectivity index (χ0n) is 11.6. The van der Waals surface area contributed by atoms with Crippen molar-refractivity contribution in [3.8, 4) is 0 Å². The van der Waals surface area contributed by atoms with Crippen molar-refractivity contribution < 1.29 is 0 Å². The number of fused-ring (bicyclic) bond motifs is 1. The van der Waals surface area contributed by atoms with Gasteiger partial charge in [-0.2, -0.15) is 0 Å². The van der Waals surface area contributed by atoms with Crippen molar-refractivity contribution in [1.82, 2.24) is 20.1 Å². The average Bonchev–Trinajstić information content (AvgIpc) is 3.26. The average molecular weight is 268 g/mol. The predicted octanol–water partition coefficient (Wildman–Crippen LogP) is 2.12. The van der Waals surface area contributed by atoms with Crippen molar-refractivity contribution in [3.05, 3.63) is 47.5 Å². The minimum Gasteiger partial charge on any atom is -0.312 e. The molecular weight excluding hydrogens is 248 g/mol. The Balaban J connectivity index is 1.52. The van der Waals surface area contributed by atoms with Crippen molar-refractivity contribution in [3.63, 3.8) is 0 Å². The quantitative estimate of drug-likeness (QED) is 0.923. The second-order valence-corrected chi connectivity index (χ2v) is 5.88. The maximum Gasteiger partial charge on any atom is 0.150 e. The smallest absolute Gasteiger partial charge is 0.150 e. The molecule has 1 fully saturated rings. The molecule has 0 spiro atoms. The predicted molar refractivity (Wildman–Crippen MR) is 77.3 cm³/mol. The lowest BCUT2D eigenvalue weighted by Gasteiger charge is -2.25. The first-order valence-corrected chi connectivity index (χ1v) is 7.61. The summed E-state index contributed by atoms with van der Waals surface area (Å²) < 4.78 is 2.35. The fraction of sp³-hybridized carbons (Fsp3) is 0.500. The Morgan fingerprint density at radius 1 is 1.10 bits per heavy atom. The van der Waals surface area contributed by atoms with Crippen molar-refractivity contribution in [1.29, 1.82) is 0 Å². The van der Waals surface area contributed by atoms with Crippen molar-refractivity contribution in [2.45, 2.75) is 38.3 Å². The van der Waals surface area contributed by atoms with Gasteiger partial charge >= 0.3 is 0 Å². The summed E-state index contributed by atoms with van der Waals surface area (Å²) in [5, 5.41) is 12.5. The SMILES string of the molecule is c1ccc(CCc2nnc3n2CCNC3C2CC2)cc1. The molecule has 1 unspecified atom stereocenters. The van der Waals surface area contributed by atoms with Crippen LogP contribution in [0.15, 0.2) is 30.3 Å². The largest absolute Gasteiger partial charge is 0.312 e. The van der Waals surface area contributed by atoms with E-state index in [2.05, 4.69) is 50.4 Å². The Kier molecular flexibility index (Phi) is 3.03. The van der Waals surface area contributed by atoms with E-state index in [-0.39, 0.29) is 0 Å². The Bertz CT molecular complexity index is 586.